The van der Waals surface area contributed by atoms with Gasteiger partial charge in [0.2, 0.25) is 5.91 Å². The molecule has 0 spiro atoms. The number of aryl methyl sites for hydroxylation is 1. The van der Waals surface area contributed by atoms with Gasteiger partial charge < -0.3 is 14.5 Å². The highest BCUT2D eigenvalue weighted by Crippen LogP contribution is 2.27. The summed E-state index contributed by atoms with van der Waals surface area (Å²) in [6.07, 6.45) is 3.84. The number of nitrogens with one attached hydrogen (secondary N) is 1. The molecule has 0 aliphatic carbocycles. The van der Waals surface area contributed by atoms with E-state index in [0.29, 0.717) is 36.2 Å². The van der Waals surface area contributed by atoms with Crippen LogP contribution in [0.4, 0.5) is 5.82 Å². The van der Waals surface area contributed by atoms with Crippen LogP contribution < -0.4 is 5.32 Å². The summed E-state index contributed by atoms with van der Waals surface area (Å²) in [5, 5.41) is 5.55. The molecule has 0 bridgehead atoms. The van der Waals surface area contributed by atoms with Crippen molar-refractivity contribution >= 4 is 23.1 Å². The van der Waals surface area contributed by atoms with Crippen molar-refractivity contribution < 1.29 is 13.9 Å². The van der Waals surface area contributed by atoms with Crippen molar-refractivity contribution in [2.24, 2.45) is 0 Å². The van der Waals surface area contributed by atoms with E-state index in [0.717, 1.165) is 30.2 Å². The second kappa shape index (κ2) is 8.81. The predicted molar refractivity (Wildman–Crippen MR) is 111 cm³/mol. The molecule has 1 aliphatic rings. The fourth-order valence-corrected chi connectivity index (χ4v) is 4.08. The molecule has 3 aromatic heterocycles. The molecular weight excluding hydrogens is 390 g/mol. The minimum absolute atomic E-state index is 0.113. The van der Waals surface area contributed by atoms with Crippen LogP contribution in [0.2, 0.25) is 0 Å². The van der Waals surface area contributed by atoms with Gasteiger partial charge in [-0.25, -0.2) is 15.0 Å². The number of rotatable bonds is 7. The van der Waals surface area contributed by atoms with E-state index in [1.807, 2.05) is 24.4 Å². The molecule has 1 amide bonds. The van der Waals surface area contributed by atoms with Crippen LogP contribution in [0.1, 0.15) is 18.6 Å². The molecule has 152 valence electrons. The molecule has 4 rings (SSSR count). The van der Waals surface area contributed by atoms with Gasteiger partial charge in [0, 0.05) is 30.8 Å². The summed E-state index contributed by atoms with van der Waals surface area (Å²) in [7, 11) is 1.69. The van der Waals surface area contributed by atoms with Crippen LogP contribution in [-0.4, -0.2) is 58.6 Å². The van der Waals surface area contributed by atoms with Crippen LogP contribution in [0, 0.1) is 6.92 Å². The first-order chi connectivity index (χ1) is 14.1. The number of furan rings is 1. The Morgan fingerprint density at radius 3 is 3.03 bits per heavy atom. The molecule has 9 heteroatoms. The highest BCUT2D eigenvalue weighted by Gasteiger charge is 2.26. The maximum absolute atomic E-state index is 12.7. The molecule has 0 unspecified atom stereocenters. The fraction of sp³-hybridized carbons (Fsp3) is 0.400. The van der Waals surface area contributed by atoms with Gasteiger partial charge in [0.1, 0.15) is 22.3 Å². The Morgan fingerprint density at radius 1 is 1.41 bits per heavy atom. The molecule has 0 radical (unpaired) electrons. The number of amides is 1. The van der Waals surface area contributed by atoms with Crippen LogP contribution in [0.25, 0.3) is 22.3 Å². The number of carbonyl (C=O) groups is 1. The second-order valence-corrected chi connectivity index (χ2v) is 7.87. The maximum atomic E-state index is 12.7. The van der Waals surface area contributed by atoms with Gasteiger partial charge in [-0.1, -0.05) is 0 Å². The average molecular weight is 414 g/mol. The smallest absolute Gasteiger partial charge is 0.239 e. The number of methoxy groups -OCH3 is 1. The Labute approximate surface area is 173 Å². The van der Waals surface area contributed by atoms with E-state index in [4.69, 9.17) is 9.15 Å². The number of aromatic nitrogens is 3. The summed E-state index contributed by atoms with van der Waals surface area (Å²) in [6, 6.07) is 5.70. The second-order valence-electron chi connectivity index (χ2n) is 6.98. The average Bonchev–Trinajstić information content (AvgIpc) is 3.45. The Kier molecular flexibility index (Phi) is 5.98. The van der Waals surface area contributed by atoms with Crippen LogP contribution in [0.5, 0.6) is 0 Å². The van der Waals surface area contributed by atoms with Gasteiger partial charge in [-0.05, 0) is 38.4 Å². The van der Waals surface area contributed by atoms with Crippen molar-refractivity contribution in [3.8, 4) is 22.3 Å². The zero-order valence-corrected chi connectivity index (χ0v) is 17.2. The number of nitrogens with zero attached hydrogens (tertiary/aromatic N) is 4. The molecule has 3 aromatic rings. The molecule has 1 atom stereocenters. The van der Waals surface area contributed by atoms with Crippen molar-refractivity contribution in [3.05, 3.63) is 35.5 Å². The lowest BCUT2D eigenvalue weighted by atomic mass is 10.2. The standard InChI is InChI=1S/C20H23N5O3S/c1-13-5-6-16(28-13)19-22-15(20-21-7-9-29-20)10-17(24-19)23-18(26)11-25-8-3-4-14(25)12-27-2/h5-7,9-10,14H,3-4,8,11-12H2,1-2H3,(H,22,23,24,26)/t14-/m0/s1. The lowest BCUT2D eigenvalue weighted by Gasteiger charge is -2.22. The van der Waals surface area contributed by atoms with Crippen molar-refractivity contribution in [1.29, 1.82) is 0 Å². The predicted octanol–water partition coefficient (Wildman–Crippen LogP) is 3.22. The quantitative estimate of drug-likeness (QED) is 0.636. The van der Waals surface area contributed by atoms with Crippen molar-refractivity contribution in [3.63, 3.8) is 0 Å². The topological polar surface area (TPSA) is 93.4 Å². The largest absolute Gasteiger partial charge is 0.458 e. The van der Waals surface area contributed by atoms with E-state index in [-0.39, 0.29) is 11.9 Å². The van der Waals surface area contributed by atoms with Gasteiger partial charge in [0.05, 0.1) is 13.2 Å². The van der Waals surface area contributed by atoms with E-state index in [1.54, 1.807) is 19.4 Å². The molecule has 0 saturated carbocycles. The van der Waals surface area contributed by atoms with Gasteiger partial charge in [0.25, 0.3) is 0 Å². The summed E-state index contributed by atoms with van der Waals surface area (Å²) >= 11 is 1.48. The zero-order chi connectivity index (χ0) is 20.2. The van der Waals surface area contributed by atoms with Gasteiger partial charge in [-0.2, -0.15) is 0 Å². The van der Waals surface area contributed by atoms with Crippen LogP contribution in [0.3, 0.4) is 0 Å². The normalized spacial score (nSPS) is 17.0. The van der Waals surface area contributed by atoms with Crippen LogP contribution >= 0.6 is 11.3 Å². The Balaban J connectivity index is 1.56. The van der Waals surface area contributed by atoms with Crippen LogP contribution in [-0.2, 0) is 9.53 Å². The number of ether oxygens (including phenoxy) is 1. The van der Waals surface area contributed by atoms with Crippen molar-refractivity contribution in [2.45, 2.75) is 25.8 Å². The first kappa shape index (κ1) is 19.7. The molecule has 1 saturated heterocycles. The van der Waals surface area contributed by atoms with E-state index in [2.05, 4.69) is 25.2 Å². The monoisotopic (exact) mass is 413 g/mol. The summed E-state index contributed by atoms with van der Waals surface area (Å²) in [5.41, 5.74) is 0.646. The summed E-state index contributed by atoms with van der Waals surface area (Å²) < 4.78 is 10.9. The maximum Gasteiger partial charge on any atom is 0.239 e. The van der Waals surface area contributed by atoms with E-state index in [9.17, 15) is 4.79 Å². The molecule has 29 heavy (non-hydrogen) atoms. The number of carbonyl (C=O) groups excluding carboxylic acids is 1. The number of thiazole rings is 1. The Bertz CT molecular complexity index is 972. The molecule has 1 aliphatic heterocycles. The highest BCUT2D eigenvalue weighted by molar-refractivity contribution is 7.13. The summed E-state index contributed by atoms with van der Waals surface area (Å²) in [4.78, 5) is 28.2. The van der Waals surface area contributed by atoms with Crippen LogP contribution in [0.15, 0.2) is 34.2 Å². The number of likely N-dealkylation sites (tertiary alicyclic amines) is 1. The van der Waals surface area contributed by atoms with E-state index < -0.39 is 0 Å². The first-order valence-corrected chi connectivity index (χ1v) is 10.4. The van der Waals surface area contributed by atoms with E-state index in [1.165, 1.54) is 11.3 Å². The van der Waals surface area contributed by atoms with Crippen molar-refractivity contribution in [2.75, 3.05) is 32.1 Å². The molecule has 8 nitrogen and oxygen atoms in total. The van der Waals surface area contributed by atoms with E-state index >= 15 is 0 Å². The highest BCUT2D eigenvalue weighted by atomic mass is 32.1. The zero-order valence-electron chi connectivity index (χ0n) is 16.4. The number of anilines is 1. The Hall–Kier alpha value is -2.62. The lowest BCUT2D eigenvalue weighted by molar-refractivity contribution is -0.117. The molecule has 0 aromatic carbocycles. The lowest BCUT2D eigenvalue weighted by Crippen LogP contribution is -2.39. The number of hydrogen-bond acceptors (Lipinski definition) is 8. The Morgan fingerprint density at radius 2 is 2.31 bits per heavy atom. The molecule has 1 fully saturated rings. The SMILES string of the molecule is COC[C@@H]1CCCN1CC(=O)Nc1cc(-c2nccs2)nc(-c2ccc(C)o2)n1. The fourth-order valence-electron chi connectivity index (χ4n) is 3.49. The third kappa shape index (κ3) is 4.69. The summed E-state index contributed by atoms with van der Waals surface area (Å²) in [5.74, 6) is 2.06. The van der Waals surface area contributed by atoms with Gasteiger partial charge in [0.15, 0.2) is 11.6 Å². The number of hydrogen-bond donors (Lipinski definition) is 1. The third-order valence-electron chi connectivity index (χ3n) is 4.81. The molecule has 1 N–H and O–H groups in total. The van der Waals surface area contributed by atoms with Gasteiger partial charge >= 0.3 is 0 Å². The minimum atomic E-state index is -0.113. The molecule has 4 heterocycles. The van der Waals surface area contributed by atoms with Crippen molar-refractivity contribution in [1.82, 2.24) is 19.9 Å². The minimum Gasteiger partial charge on any atom is -0.458 e. The first-order valence-electron chi connectivity index (χ1n) is 9.51. The van der Waals surface area contributed by atoms with Gasteiger partial charge in [-0.3, -0.25) is 9.69 Å². The third-order valence-corrected chi connectivity index (χ3v) is 5.61. The van der Waals surface area contributed by atoms with Gasteiger partial charge in [-0.15, -0.1) is 11.3 Å². The summed E-state index contributed by atoms with van der Waals surface area (Å²) in [6.45, 7) is 3.70. The molecular formula is C20H23N5O3S.